The topological polar surface area (TPSA) is 63.4 Å². The minimum absolute atomic E-state index is 0.0878. The number of carbonyl (C=O) groups excluding carboxylic acids is 2. The Morgan fingerprint density at radius 2 is 2.38 bits per heavy atom. The number of halogens is 1. The van der Waals surface area contributed by atoms with Crippen LogP contribution in [0.15, 0.2) is 0 Å². The second kappa shape index (κ2) is 6.42. The molecule has 5 heteroatoms. The number of amides is 2. The molecule has 1 aliphatic heterocycles. The third-order valence-corrected chi connectivity index (χ3v) is 4.35. The van der Waals surface area contributed by atoms with Gasteiger partial charge in [0.2, 0.25) is 11.8 Å². The van der Waals surface area contributed by atoms with Gasteiger partial charge in [-0.15, -0.1) is 0 Å². The second-order valence-electron chi connectivity index (χ2n) is 4.28. The van der Waals surface area contributed by atoms with Crippen molar-refractivity contribution >= 4 is 34.4 Å². The molecule has 1 heterocycles. The average molecular weight is 338 g/mol. The summed E-state index contributed by atoms with van der Waals surface area (Å²) in [5, 5.41) is 0. The maximum atomic E-state index is 12.0. The van der Waals surface area contributed by atoms with Crippen molar-refractivity contribution < 1.29 is 9.59 Å². The van der Waals surface area contributed by atoms with E-state index in [2.05, 4.69) is 22.6 Å². The Balaban J connectivity index is 2.72. The molecule has 2 amide bonds. The number of rotatable bonds is 4. The number of likely N-dealkylation sites (tertiary alicyclic amines) is 1. The Kier molecular flexibility index (Phi) is 5.51. The molecule has 0 aromatic rings. The number of hydrogen-bond acceptors (Lipinski definition) is 2. The normalized spacial score (nSPS) is 24.0. The van der Waals surface area contributed by atoms with E-state index in [1.165, 1.54) is 0 Å². The van der Waals surface area contributed by atoms with Gasteiger partial charge in [0, 0.05) is 17.4 Å². The van der Waals surface area contributed by atoms with Crippen LogP contribution in [0.2, 0.25) is 0 Å². The summed E-state index contributed by atoms with van der Waals surface area (Å²) in [5.41, 5.74) is 5.32. The quantitative estimate of drug-likeness (QED) is 0.621. The molecule has 1 aliphatic rings. The number of nitrogens with zero attached hydrogens (tertiary/aromatic N) is 1. The molecule has 0 aromatic carbocycles. The lowest BCUT2D eigenvalue weighted by Gasteiger charge is -2.27. The van der Waals surface area contributed by atoms with Gasteiger partial charge in [-0.05, 0) is 25.2 Å². The molecule has 1 rings (SSSR count). The predicted molar refractivity (Wildman–Crippen MR) is 71.2 cm³/mol. The molecule has 1 saturated heterocycles. The van der Waals surface area contributed by atoms with Gasteiger partial charge in [-0.1, -0.05) is 29.5 Å². The van der Waals surface area contributed by atoms with Crippen molar-refractivity contribution in [1.82, 2.24) is 4.90 Å². The minimum atomic E-state index is -0.416. The summed E-state index contributed by atoms with van der Waals surface area (Å²) in [6, 6.07) is -0.416. The van der Waals surface area contributed by atoms with Gasteiger partial charge < -0.3 is 10.6 Å². The second-order valence-corrected chi connectivity index (χ2v) is 5.16. The number of hydrogen-bond donors (Lipinski definition) is 1. The highest BCUT2D eigenvalue weighted by Crippen LogP contribution is 2.22. The summed E-state index contributed by atoms with van der Waals surface area (Å²) >= 11 is 2.32. The van der Waals surface area contributed by atoms with Crippen LogP contribution in [0.1, 0.15) is 32.6 Å². The molecule has 16 heavy (non-hydrogen) atoms. The molecule has 0 saturated carbocycles. The van der Waals surface area contributed by atoms with E-state index < -0.39 is 6.04 Å². The van der Waals surface area contributed by atoms with E-state index in [0.29, 0.717) is 25.3 Å². The van der Waals surface area contributed by atoms with Gasteiger partial charge in [0.15, 0.2) is 0 Å². The van der Waals surface area contributed by atoms with Gasteiger partial charge >= 0.3 is 0 Å². The van der Waals surface area contributed by atoms with Crippen LogP contribution in [0.25, 0.3) is 0 Å². The zero-order chi connectivity index (χ0) is 12.1. The molecule has 2 unspecified atom stereocenters. The summed E-state index contributed by atoms with van der Waals surface area (Å²) in [7, 11) is 0. The minimum Gasteiger partial charge on any atom is -0.368 e. The fourth-order valence-electron chi connectivity index (χ4n) is 2.18. The fraction of sp³-hybridized carbons (Fsp3) is 0.818. The van der Waals surface area contributed by atoms with Crippen molar-refractivity contribution in [1.29, 1.82) is 0 Å². The van der Waals surface area contributed by atoms with Gasteiger partial charge in [0.1, 0.15) is 6.04 Å². The van der Waals surface area contributed by atoms with Crippen LogP contribution < -0.4 is 5.73 Å². The third kappa shape index (κ3) is 3.33. The SMILES string of the molecule is CCC(C(N)=O)N1CCCC(CI)CC1=O. The molecule has 0 radical (unpaired) electrons. The van der Waals surface area contributed by atoms with Gasteiger partial charge in [-0.2, -0.15) is 0 Å². The van der Waals surface area contributed by atoms with Crippen molar-refractivity contribution in [3.05, 3.63) is 0 Å². The van der Waals surface area contributed by atoms with Crippen molar-refractivity contribution in [2.75, 3.05) is 11.0 Å². The first kappa shape index (κ1) is 13.7. The van der Waals surface area contributed by atoms with Gasteiger partial charge in [-0.25, -0.2) is 0 Å². The molecule has 2 N–H and O–H groups in total. The summed E-state index contributed by atoms with van der Waals surface area (Å²) in [6.45, 7) is 2.57. The first-order valence-electron chi connectivity index (χ1n) is 5.74. The number of carbonyl (C=O) groups is 2. The maximum absolute atomic E-state index is 12.0. The van der Waals surface area contributed by atoms with Crippen LogP contribution in [-0.4, -0.2) is 33.7 Å². The van der Waals surface area contributed by atoms with Crippen molar-refractivity contribution in [3.63, 3.8) is 0 Å². The fourth-order valence-corrected chi connectivity index (χ4v) is 2.93. The Hall–Kier alpha value is -0.330. The summed E-state index contributed by atoms with van der Waals surface area (Å²) in [4.78, 5) is 24.9. The van der Waals surface area contributed by atoms with E-state index >= 15 is 0 Å². The number of primary amides is 1. The third-order valence-electron chi connectivity index (χ3n) is 3.10. The molecule has 4 nitrogen and oxygen atoms in total. The van der Waals surface area contributed by atoms with E-state index in [-0.39, 0.29) is 11.8 Å². The highest BCUT2D eigenvalue weighted by atomic mass is 127. The number of alkyl halides is 1. The highest BCUT2D eigenvalue weighted by molar-refractivity contribution is 14.1. The Morgan fingerprint density at radius 1 is 1.69 bits per heavy atom. The molecule has 0 bridgehead atoms. The Labute approximate surface area is 110 Å². The molecule has 1 fully saturated rings. The first-order valence-corrected chi connectivity index (χ1v) is 7.27. The first-order chi connectivity index (χ1) is 7.60. The Morgan fingerprint density at radius 3 is 2.88 bits per heavy atom. The highest BCUT2D eigenvalue weighted by Gasteiger charge is 2.30. The van der Waals surface area contributed by atoms with E-state index in [0.717, 1.165) is 17.3 Å². The van der Waals surface area contributed by atoms with Crippen LogP contribution in [0, 0.1) is 5.92 Å². The van der Waals surface area contributed by atoms with Crippen molar-refractivity contribution in [2.24, 2.45) is 11.7 Å². The van der Waals surface area contributed by atoms with E-state index in [1.54, 1.807) is 4.90 Å². The number of nitrogens with two attached hydrogens (primary N) is 1. The zero-order valence-electron chi connectivity index (χ0n) is 9.62. The average Bonchev–Trinajstić information content (AvgIpc) is 2.42. The standard InChI is InChI=1S/C11H19IN2O2/c1-2-9(11(13)16)14-5-3-4-8(7-12)6-10(14)15/h8-9H,2-7H2,1H3,(H2,13,16). The summed E-state index contributed by atoms with van der Waals surface area (Å²) in [6.07, 6.45) is 3.21. The summed E-state index contributed by atoms with van der Waals surface area (Å²) < 4.78 is 1.00. The maximum Gasteiger partial charge on any atom is 0.240 e. The largest absolute Gasteiger partial charge is 0.368 e. The molecule has 2 atom stereocenters. The van der Waals surface area contributed by atoms with Crippen LogP contribution >= 0.6 is 22.6 Å². The molecule has 0 aromatic heterocycles. The zero-order valence-corrected chi connectivity index (χ0v) is 11.8. The lowest BCUT2D eigenvalue weighted by Crippen LogP contribution is -2.47. The molecular weight excluding hydrogens is 319 g/mol. The van der Waals surface area contributed by atoms with Crippen LogP contribution in [0.4, 0.5) is 0 Å². The molecular formula is C11H19IN2O2. The predicted octanol–water partition coefficient (Wildman–Crippen LogP) is 1.31. The van der Waals surface area contributed by atoms with Crippen molar-refractivity contribution in [3.8, 4) is 0 Å². The summed E-state index contributed by atoms with van der Waals surface area (Å²) in [5.74, 6) is 0.164. The van der Waals surface area contributed by atoms with Crippen LogP contribution in [-0.2, 0) is 9.59 Å². The monoisotopic (exact) mass is 338 g/mol. The van der Waals surface area contributed by atoms with Crippen LogP contribution in [0.5, 0.6) is 0 Å². The van der Waals surface area contributed by atoms with Gasteiger partial charge in [0.25, 0.3) is 0 Å². The van der Waals surface area contributed by atoms with E-state index in [9.17, 15) is 9.59 Å². The molecule has 92 valence electrons. The smallest absolute Gasteiger partial charge is 0.240 e. The Bertz CT molecular complexity index is 271. The lowest BCUT2D eigenvalue weighted by atomic mass is 10.0. The van der Waals surface area contributed by atoms with E-state index in [4.69, 9.17) is 5.73 Å². The van der Waals surface area contributed by atoms with E-state index in [1.807, 2.05) is 6.92 Å². The van der Waals surface area contributed by atoms with Crippen LogP contribution in [0.3, 0.4) is 0 Å². The van der Waals surface area contributed by atoms with Gasteiger partial charge in [0.05, 0.1) is 0 Å². The lowest BCUT2D eigenvalue weighted by molar-refractivity contribution is -0.139. The molecule has 0 spiro atoms. The van der Waals surface area contributed by atoms with Crippen molar-refractivity contribution in [2.45, 2.75) is 38.6 Å². The van der Waals surface area contributed by atoms with Gasteiger partial charge in [-0.3, -0.25) is 9.59 Å². The molecule has 0 aliphatic carbocycles.